The lowest BCUT2D eigenvalue weighted by atomic mass is 10.2. The Balaban J connectivity index is 2.58. The van der Waals surface area contributed by atoms with Gasteiger partial charge >= 0.3 is 0 Å². The highest BCUT2D eigenvalue weighted by atomic mass is 16.2. The van der Waals surface area contributed by atoms with Crippen LogP contribution in [0.25, 0.3) is 5.95 Å². The third kappa shape index (κ3) is 3.18. The number of hydrogen-bond donors (Lipinski definition) is 2. The van der Waals surface area contributed by atoms with Gasteiger partial charge in [-0.2, -0.15) is 9.78 Å². The molecule has 0 radical (unpaired) electrons. The number of amides is 1. The van der Waals surface area contributed by atoms with Crippen LogP contribution in [0.4, 0.5) is 5.82 Å². The summed E-state index contributed by atoms with van der Waals surface area (Å²) in [7, 11) is 0. The van der Waals surface area contributed by atoms with Gasteiger partial charge in [0.25, 0.3) is 5.56 Å². The lowest BCUT2D eigenvalue weighted by Gasteiger charge is -2.12. The van der Waals surface area contributed by atoms with Gasteiger partial charge in [0, 0.05) is 22.7 Å². The average Bonchev–Trinajstić information content (AvgIpc) is 2.75. The molecule has 0 aliphatic heterocycles. The molecule has 0 spiro atoms. The maximum absolute atomic E-state index is 12.2. The highest BCUT2D eigenvalue weighted by Crippen LogP contribution is 2.21. The molecule has 0 aliphatic carbocycles. The van der Waals surface area contributed by atoms with Crippen molar-refractivity contribution in [3.8, 4) is 5.95 Å². The van der Waals surface area contributed by atoms with Gasteiger partial charge in [-0.15, -0.1) is 0 Å². The number of aryl methyl sites for hydroxylation is 2. The number of nitrogens with one attached hydrogen (secondary N) is 2. The Morgan fingerprint density at radius 1 is 1.26 bits per heavy atom. The molecule has 23 heavy (non-hydrogen) atoms. The van der Waals surface area contributed by atoms with Crippen molar-refractivity contribution in [1.82, 2.24) is 19.7 Å². The molecule has 0 fully saturated rings. The second kappa shape index (κ2) is 6.36. The minimum absolute atomic E-state index is 0.113. The Morgan fingerprint density at radius 2 is 1.91 bits per heavy atom. The van der Waals surface area contributed by atoms with Crippen LogP contribution in [0.2, 0.25) is 0 Å². The van der Waals surface area contributed by atoms with Gasteiger partial charge in [0.15, 0.2) is 0 Å². The zero-order chi connectivity index (χ0) is 17.3. The molecule has 1 amide bonds. The largest absolute Gasteiger partial charge is 0.310 e. The predicted octanol–water partition coefficient (Wildman–Crippen LogP) is 2.04. The van der Waals surface area contributed by atoms with E-state index < -0.39 is 0 Å². The maximum Gasteiger partial charge on any atom is 0.255 e. The number of anilines is 1. The topological polar surface area (TPSA) is 92.7 Å². The van der Waals surface area contributed by atoms with E-state index in [-0.39, 0.29) is 17.4 Å². The maximum atomic E-state index is 12.2. The van der Waals surface area contributed by atoms with E-state index >= 15 is 0 Å². The first-order valence-electron chi connectivity index (χ1n) is 7.73. The molecule has 7 nitrogen and oxygen atoms in total. The van der Waals surface area contributed by atoms with Crippen molar-refractivity contribution in [2.75, 3.05) is 5.32 Å². The van der Waals surface area contributed by atoms with E-state index in [9.17, 15) is 9.59 Å². The molecule has 0 saturated heterocycles. The zero-order valence-corrected chi connectivity index (χ0v) is 14.4. The van der Waals surface area contributed by atoms with Crippen molar-refractivity contribution in [3.63, 3.8) is 0 Å². The van der Waals surface area contributed by atoms with Crippen molar-refractivity contribution in [2.45, 2.75) is 48.0 Å². The van der Waals surface area contributed by atoms with Crippen molar-refractivity contribution >= 4 is 11.7 Å². The first-order chi connectivity index (χ1) is 10.8. The summed E-state index contributed by atoms with van der Waals surface area (Å²) >= 11 is 0. The summed E-state index contributed by atoms with van der Waals surface area (Å²) in [6.07, 6.45) is 0.614. The van der Waals surface area contributed by atoms with Crippen LogP contribution in [0, 0.1) is 26.7 Å². The molecule has 0 aromatic carbocycles. The Labute approximate surface area is 135 Å². The van der Waals surface area contributed by atoms with Gasteiger partial charge in [0.05, 0.1) is 5.69 Å². The summed E-state index contributed by atoms with van der Waals surface area (Å²) in [4.78, 5) is 31.4. The Kier molecular flexibility index (Phi) is 4.68. The molecule has 2 rings (SSSR count). The Bertz CT molecular complexity index is 802. The molecule has 2 heterocycles. The van der Waals surface area contributed by atoms with E-state index in [2.05, 4.69) is 20.4 Å². The van der Waals surface area contributed by atoms with E-state index in [1.165, 1.54) is 4.68 Å². The first-order valence-corrected chi connectivity index (χ1v) is 7.73. The predicted molar refractivity (Wildman–Crippen MR) is 89.0 cm³/mol. The number of rotatable bonds is 4. The second-order valence-electron chi connectivity index (χ2n) is 5.92. The quantitative estimate of drug-likeness (QED) is 0.902. The second-order valence-corrected chi connectivity index (χ2v) is 5.92. The van der Waals surface area contributed by atoms with Gasteiger partial charge in [-0.3, -0.25) is 14.6 Å². The molecule has 2 aromatic rings. The van der Waals surface area contributed by atoms with Gasteiger partial charge in [0.2, 0.25) is 11.9 Å². The van der Waals surface area contributed by atoms with Crippen LogP contribution in [-0.2, 0) is 11.2 Å². The number of H-pyrrole nitrogens is 1. The molecule has 2 N–H and O–H groups in total. The lowest BCUT2D eigenvalue weighted by Crippen LogP contribution is -2.23. The van der Waals surface area contributed by atoms with E-state index in [0.29, 0.717) is 29.4 Å². The van der Waals surface area contributed by atoms with E-state index in [0.717, 1.165) is 11.3 Å². The van der Waals surface area contributed by atoms with Gasteiger partial charge in [-0.25, -0.2) is 4.98 Å². The van der Waals surface area contributed by atoms with E-state index in [4.69, 9.17) is 0 Å². The summed E-state index contributed by atoms with van der Waals surface area (Å²) in [5, 5.41) is 7.26. The monoisotopic (exact) mass is 317 g/mol. The van der Waals surface area contributed by atoms with Crippen LogP contribution in [0.15, 0.2) is 4.79 Å². The molecule has 0 atom stereocenters. The third-order valence-corrected chi connectivity index (χ3v) is 3.89. The summed E-state index contributed by atoms with van der Waals surface area (Å²) in [6, 6.07) is 0. The van der Waals surface area contributed by atoms with Crippen LogP contribution in [0.5, 0.6) is 0 Å². The fourth-order valence-corrected chi connectivity index (χ4v) is 2.28. The number of aromatic amines is 1. The number of carbonyl (C=O) groups is 1. The van der Waals surface area contributed by atoms with Crippen molar-refractivity contribution < 1.29 is 4.79 Å². The van der Waals surface area contributed by atoms with Gasteiger partial charge in [-0.1, -0.05) is 20.8 Å². The summed E-state index contributed by atoms with van der Waals surface area (Å²) in [6.45, 7) is 11.1. The van der Waals surface area contributed by atoms with Crippen LogP contribution in [0.1, 0.15) is 43.3 Å². The fraction of sp³-hybridized carbons (Fsp3) is 0.500. The molecule has 124 valence electrons. The van der Waals surface area contributed by atoms with Gasteiger partial charge < -0.3 is 5.32 Å². The number of carbonyl (C=O) groups excluding carboxylic acids is 1. The molecular weight excluding hydrogens is 294 g/mol. The van der Waals surface area contributed by atoms with Crippen molar-refractivity contribution in [3.05, 3.63) is 32.9 Å². The lowest BCUT2D eigenvalue weighted by molar-refractivity contribution is -0.118. The minimum Gasteiger partial charge on any atom is -0.310 e. The van der Waals surface area contributed by atoms with Crippen LogP contribution in [-0.4, -0.2) is 25.7 Å². The van der Waals surface area contributed by atoms with Crippen molar-refractivity contribution in [1.29, 1.82) is 0 Å². The summed E-state index contributed by atoms with van der Waals surface area (Å²) in [5.41, 5.74) is 2.75. The van der Waals surface area contributed by atoms with Crippen LogP contribution >= 0.6 is 0 Å². The van der Waals surface area contributed by atoms with Gasteiger partial charge in [-0.05, 0) is 27.2 Å². The molecule has 7 heteroatoms. The van der Waals surface area contributed by atoms with E-state index in [1.807, 2.05) is 34.6 Å². The molecule has 0 saturated carbocycles. The number of aromatic nitrogens is 4. The van der Waals surface area contributed by atoms with Crippen LogP contribution < -0.4 is 10.9 Å². The first kappa shape index (κ1) is 16.9. The zero-order valence-electron chi connectivity index (χ0n) is 14.4. The highest BCUT2D eigenvalue weighted by molar-refractivity contribution is 5.92. The van der Waals surface area contributed by atoms with Crippen molar-refractivity contribution in [2.24, 2.45) is 5.92 Å². The molecular formula is C16H23N5O2. The minimum atomic E-state index is -0.179. The normalized spacial score (nSPS) is 11.1. The molecule has 2 aromatic heterocycles. The van der Waals surface area contributed by atoms with Crippen LogP contribution in [0.3, 0.4) is 0 Å². The Hall–Kier alpha value is -2.44. The van der Waals surface area contributed by atoms with Gasteiger partial charge in [0.1, 0.15) is 5.82 Å². The number of nitrogens with zero attached hydrogens (tertiary/aromatic N) is 3. The highest BCUT2D eigenvalue weighted by Gasteiger charge is 2.19. The summed E-state index contributed by atoms with van der Waals surface area (Å²) in [5.74, 6) is 0.570. The number of hydrogen-bond acceptors (Lipinski definition) is 4. The average molecular weight is 317 g/mol. The SMILES string of the molecule is CCc1c(C)nc(-n2nc(C)c(C)c2NC(=O)C(C)C)[nH]c1=O. The molecule has 0 unspecified atom stereocenters. The van der Waals surface area contributed by atoms with E-state index in [1.54, 1.807) is 6.92 Å². The standard InChI is InChI=1S/C16H23N5O2/c1-7-12-11(6)17-16(19-15(12)23)21-13(9(4)10(5)20-21)18-14(22)8(2)3/h8H,7H2,1-6H3,(H,18,22)(H,17,19,23). The third-order valence-electron chi connectivity index (χ3n) is 3.89. The summed E-state index contributed by atoms with van der Waals surface area (Å²) < 4.78 is 1.48. The Morgan fingerprint density at radius 3 is 2.43 bits per heavy atom. The smallest absolute Gasteiger partial charge is 0.255 e. The molecule has 0 bridgehead atoms. The fourth-order valence-electron chi connectivity index (χ4n) is 2.28. The molecule has 0 aliphatic rings.